The van der Waals surface area contributed by atoms with Gasteiger partial charge in [-0.2, -0.15) is 11.8 Å². The Morgan fingerprint density at radius 2 is 2.10 bits per heavy atom. The lowest BCUT2D eigenvalue weighted by Crippen LogP contribution is -2.47. The molecule has 1 fully saturated rings. The summed E-state index contributed by atoms with van der Waals surface area (Å²) in [5, 5.41) is 16.7. The van der Waals surface area contributed by atoms with Gasteiger partial charge in [-0.3, -0.25) is 0 Å². The number of urea groups is 1. The van der Waals surface area contributed by atoms with Crippen molar-refractivity contribution < 1.29 is 9.90 Å². The number of aliphatic hydroxyl groups is 1. The van der Waals surface area contributed by atoms with Crippen LogP contribution in [-0.4, -0.2) is 34.8 Å². The smallest absolute Gasteiger partial charge is 0.315 e. The zero-order valence-electron chi connectivity index (χ0n) is 12.2. The van der Waals surface area contributed by atoms with Gasteiger partial charge in [0.2, 0.25) is 0 Å². The molecule has 1 aromatic rings. The van der Waals surface area contributed by atoms with E-state index in [2.05, 4.69) is 16.9 Å². The number of carbonyl (C=O) groups excluding carboxylic acids is 1. The summed E-state index contributed by atoms with van der Waals surface area (Å²) in [5.41, 5.74) is 2.16. The summed E-state index contributed by atoms with van der Waals surface area (Å²) in [7, 11) is 0. The molecule has 5 heteroatoms. The normalized spacial score (nSPS) is 31.0. The number of carbonyl (C=O) groups is 1. The van der Waals surface area contributed by atoms with E-state index in [9.17, 15) is 9.90 Å². The van der Waals surface area contributed by atoms with Gasteiger partial charge in [0.05, 0.1) is 12.1 Å². The molecule has 21 heavy (non-hydrogen) atoms. The lowest BCUT2D eigenvalue weighted by atomic mass is 10.1. The number of amides is 2. The summed E-state index contributed by atoms with van der Waals surface area (Å²) in [5.74, 6) is 0. The third-order valence-corrected chi connectivity index (χ3v) is 5.73. The van der Waals surface area contributed by atoms with E-state index in [1.165, 1.54) is 12.8 Å². The fraction of sp³-hybridized carbons (Fsp3) is 0.562. The van der Waals surface area contributed by atoms with Crippen molar-refractivity contribution in [2.75, 3.05) is 6.26 Å². The zero-order valence-corrected chi connectivity index (χ0v) is 13.0. The van der Waals surface area contributed by atoms with Crippen LogP contribution in [0, 0.1) is 0 Å². The molecular weight excluding hydrogens is 284 g/mol. The lowest BCUT2D eigenvalue weighted by Gasteiger charge is -2.23. The number of hydrogen-bond donors (Lipinski definition) is 3. The van der Waals surface area contributed by atoms with Crippen molar-refractivity contribution in [2.24, 2.45) is 0 Å². The maximum atomic E-state index is 12.2. The van der Waals surface area contributed by atoms with E-state index in [0.717, 1.165) is 17.5 Å². The topological polar surface area (TPSA) is 61.4 Å². The molecule has 0 heterocycles. The minimum atomic E-state index is -0.534. The molecule has 0 saturated heterocycles. The minimum absolute atomic E-state index is 0.165. The highest BCUT2D eigenvalue weighted by molar-refractivity contribution is 7.99. The molecule has 0 aromatic heterocycles. The molecule has 2 aliphatic rings. The molecule has 0 spiro atoms. The molecule has 4 atom stereocenters. The van der Waals surface area contributed by atoms with Gasteiger partial charge < -0.3 is 15.7 Å². The van der Waals surface area contributed by atoms with E-state index in [4.69, 9.17) is 0 Å². The average molecular weight is 306 g/mol. The van der Waals surface area contributed by atoms with Gasteiger partial charge in [-0.1, -0.05) is 30.7 Å². The van der Waals surface area contributed by atoms with Crippen LogP contribution in [0.25, 0.3) is 0 Å². The fourth-order valence-corrected chi connectivity index (χ4v) is 4.41. The first kappa shape index (κ1) is 14.7. The molecule has 114 valence electrons. The third kappa shape index (κ3) is 3.04. The van der Waals surface area contributed by atoms with Gasteiger partial charge in [-0.05, 0) is 30.2 Å². The van der Waals surface area contributed by atoms with E-state index < -0.39 is 6.10 Å². The first-order valence-corrected chi connectivity index (χ1v) is 8.83. The molecule has 2 aliphatic carbocycles. The van der Waals surface area contributed by atoms with Crippen LogP contribution in [0.3, 0.4) is 0 Å². The Hall–Kier alpha value is -1.20. The van der Waals surface area contributed by atoms with Crippen molar-refractivity contribution >= 4 is 17.8 Å². The molecule has 1 aromatic carbocycles. The summed E-state index contributed by atoms with van der Waals surface area (Å²) in [6.07, 6.45) is 5.56. The molecule has 3 N–H and O–H groups in total. The maximum absolute atomic E-state index is 12.2. The maximum Gasteiger partial charge on any atom is 0.315 e. The van der Waals surface area contributed by atoms with E-state index in [0.29, 0.717) is 11.7 Å². The predicted molar refractivity (Wildman–Crippen MR) is 85.5 cm³/mol. The first-order valence-electron chi connectivity index (χ1n) is 7.54. The second-order valence-electron chi connectivity index (χ2n) is 5.88. The number of thioether (sulfide) groups is 1. The Morgan fingerprint density at radius 3 is 2.90 bits per heavy atom. The summed E-state index contributed by atoms with van der Waals surface area (Å²) in [6.45, 7) is 0. The largest absolute Gasteiger partial charge is 0.390 e. The summed E-state index contributed by atoms with van der Waals surface area (Å²) >= 11 is 1.82. The summed E-state index contributed by atoms with van der Waals surface area (Å²) in [6, 6.07) is 7.70. The quantitative estimate of drug-likeness (QED) is 0.802. The third-order valence-electron chi connectivity index (χ3n) is 4.56. The highest BCUT2D eigenvalue weighted by Crippen LogP contribution is 2.31. The standard InChI is InChI=1S/C16H22N2O2S/c1-21-14-8-4-7-12(14)17-16(20)18-15-11-6-3-2-5-10(11)9-13(15)19/h2-3,5-6,12-15,19H,4,7-9H2,1H3,(H2,17,18,20)/t12-,13-,14+,15+/m1/s1. The number of rotatable bonds is 3. The van der Waals surface area contributed by atoms with Gasteiger partial charge in [0, 0.05) is 17.7 Å². The van der Waals surface area contributed by atoms with Gasteiger partial charge in [0.15, 0.2) is 0 Å². The highest BCUT2D eigenvalue weighted by Gasteiger charge is 2.33. The molecule has 0 bridgehead atoms. The van der Waals surface area contributed by atoms with Crippen LogP contribution in [0.5, 0.6) is 0 Å². The van der Waals surface area contributed by atoms with Crippen LogP contribution in [0.1, 0.15) is 36.4 Å². The molecule has 0 aliphatic heterocycles. The molecule has 1 saturated carbocycles. The molecular formula is C16H22N2O2S. The Bertz CT molecular complexity index is 523. The van der Waals surface area contributed by atoms with E-state index in [1.54, 1.807) is 0 Å². The minimum Gasteiger partial charge on any atom is -0.390 e. The van der Waals surface area contributed by atoms with Crippen LogP contribution < -0.4 is 10.6 Å². The van der Waals surface area contributed by atoms with E-state index in [1.807, 2.05) is 36.0 Å². The number of fused-ring (bicyclic) bond motifs is 1. The Balaban J connectivity index is 1.63. The van der Waals surface area contributed by atoms with Crippen molar-refractivity contribution in [3.8, 4) is 0 Å². The van der Waals surface area contributed by atoms with Crippen LogP contribution in [0.4, 0.5) is 4.79 Å². The summed E-state index contributed by atoms with van der Waals surface area (Å²) < 4.78 is 0. The Morgan fingerprint density at radius 1 is 1.29 bits per heavy atom. The Kier molecular flexibility index (Phi) is 4.40. The molecule has 3 rings (SSSR count). The van der Waals surface area contributed by atoms with Gasteiger partial charge >= 0.3 is 6.03 Å². The van der Waals surface area contributed by atoms with Gasteiger partial charge in [0.25, 0.3) is 0 Å². The predicted octanol–water partition coefficient (Wildman–Crippen LogP) is 2.23. The van der Waals surface area contributed by atoms with Crippen LogP contribution in [-0.2, 0) is 6.42 Å². The summed E-state index contributed by atoms with van der Waals surface area (Å²) in [4.78, 5) is 12.2. The van der Waals surface area contributed by atoms with Crippen LogP contribution in [0.2, 0.25) is 0 Å². The first-order chi connectivity index (χ1) is 10.2. The molecule has 4 nitrogen and oxygen atoms in total. The van der Waals surface area contributed by atoms with Crippen molar-refractivity contribution in [3.63, 3.8) is 0 Å². The zero-order chi connectivity index (χ0) is 14.8. The fourth-order valence-electron chi connectivity index (χ4n) is 3.47. The SMILES string of the molecule is CS[C@H]1CCC[C@H]1NC(=O)N[C@H]1c2ccccc2C[C@H]1O. The molecule has 2 amide bonds. The number of hydrogen-bond acceptors (Lipinski definition) is 3. The second kappa shape index (κ2) is 6.28. The van der Waals surface area contributed by atoms with Crippen molar-refractivity contribution in [2.45, 2.75) is 49.1 Å². The van der Waals surface area contributed by atoms with Crippen molar-refractivity contribution in [3.05, 3.63) is 35.4 Å². The van der Waals surface area contributed by atoms with Crippen molar-refractivity contribution in [1.82, 2.24) is 10.6 Å². The number of aliphatic hydroxyl groups excluding tert-OH is 1. The Labute approximate surface area is 129 Å². The van der Waals surface area contributed by atoms with Crippen LogP contribution >= 0.6 is 11.8 Å². The van der Waals surface area contributed by atoms with E-state index >= 15 is 0 Å². The van der Waals surface area contributed by atoms with E-state index in [-0.39, 0.29) is 18.1 Å². The lowest BCUT2D eigenvalue weighted by molar-refractivity contribution is 0.142. The molecule has 0 radical (unpaired) electrons. The van der Waals surface area contributed by atoms with Gasteiger partial charge in [-0.15, -0.1) is 0 Å². The van der Waals surface area contributed by atoms with Crippen molar-refractivity contribution in [1.29, 1.82) is 0 Å². The number of benzene rings is 1. The van der Waals surface area contributed by atoms with Gasteiger partial charge in [0.1, 0.15) is 0 Å². The molecule has 0 unspecified atom stereocenters. The highest BCUT2D eigenvalue weighted by atomic mass is 32.2. The average Bonchev–Trinajstić information content (AvgIpc) is 3.04. The van der Waals surface area contributed by atoms with Crippen LogP contribution in [0.15, 0.2) is 24.3 Å². The number of nitrogens with one attached hydrogen (secondary N) is 2. The second-order valence-corrected chi connectivity index (χ2v) is 6.95. The monoisotopic (exact) mass is 306 g/mol. The van der Waals surface area contributed by atoms with Gasteiger partial charge in [-0.25, -0.2) is 4.79 Å².